The summed E-state index contributed by atoms with van der Waals surface area (Å²) >= 11 is 0. The van der Waals surface area contributed by atoms with Crippen LogP contribution in [0.3, 0.4) is 0 Å². The molecular weight excluding hydrogens is 971 g/mol. The van der Waals surface area contributed by atoms with Crippen molar-refractivity contribution < 1.29 is 37.5 Å². The van der Waals surface area contributed by atoms with Crippen LogP contribution in [0.5, 0.6) is 0 Å². The summed E-state index contributed by atoms with van der Waals surface area (Å²) in [6.45, 7) is 10.5. The quantitative estimate of drug-likeness (QED) is 0.141. The molecule has 4 aromatic rings. The molecule has 2 saturated carbocycles. The van der Waals surface area contributed by atoms with E-state index in [-0.39, 0.29) is 89.0 Å². The fourth-order valence-corrected chi connectivity index (χ4v) is 12.5. The van der Waals surface area contributed by atoms with Crippen LogP contribution in [-0.4, -0.2) is 153 Å². The molecule has 1 unspecified atom stereocenters. The number of benzene rings is 3. The van der Waals surface area contributed by atoms with Crippen LogP contribution in [0.2, 0.25) is 0 Å². The zero-order valence-corrected chi connectivity index (χ0v) is 44.4. The summed E-state index contributed by atoms with van der Waals surface area (Å²) in [5.74, 6) is -2.48. The lowest BCUT2D eigenvalue weighted by molar-refractivity contribution is -0.144. The Morgan fingerprint density at radius 1 is 0.737 bits per heavy atom. The summed E-state index contributed by atoms with van der Waals surface area (Å²) in [6.07, 6.45) is 11.0. The highest BCUT2D eigenvalue weighted by molar-refractivity contribution is 5.98. The van der Waals surface area contributed by atoms with Gasteiger partial charge in [-0.1, -0.05) is 62.6 Å². The molecule has 0 spiro atoms. The van der Waals surface area contributed by atoms with Crippen molar-refractivity contribution >= 4 is 40.3 Å². The molecule has 2 atom stereocenters. The first-order chi connectivity index (χ1) is 36.5. The number of hydrogen-bond donors (Lipinski definition) is 2. The van der Waals surface area contributed by atoms with Gasteiger partial charge >= 0.3 is 0 Å². The summed E-state index contributed by atoms with van der Waals surface area (Å²) in [4.78, 5) is 90.8. The molecule has 10 rings (SSSR count). The van der Waals surface area contributed by atoms with Crippen molar-refractivity contribution in [3.63, 3.8) is 0 Å². The van der Waals surface area contributed by atoms with Gasteiger partial charge < -0.3 is 29.7 Å². The largest absolute Gasteiger partial charge is 0.375 e. The van der Waals surface area contributed by atoms with Gasteiger partial charge in [-0.15, -0.1) is 0 Å². The third kappa shape index (κ3) is 11.6. The fraction of sp³-hybridized carbons (Fsp3) is 0.576. The Morgan fingerprint density at radius 2 is 1.41 bits per heavy atom. The van der Waals surface area contributed by atoms with E-state index in [1.165, 1.54) is 12.1 Å². The van der Waals surface area contributed by atoms with Crippen LogP contribution in [0.4, 0.5) is 8.78 Å². The molecular formula is C59H74F2N8O7. The SMILES string of the molecule is CC1(C(=O)N2CC(c3cccc(C(=O)N[C@@H](C(=O)N4CCC(OC5CCN(CC(=O)N6CCN(C(=O)c7cc(Cc8n[nH]c(=O)c9ccccc89)ccc7F)CC6)CC5)CC4)C4CCCCC4)c3F)CCC2(C)C)CC1. The van der Waals surface area contributed by atoms with Crippen LogP contribution in [0.1, 0.15) is 148 Å². The number of carbonyl (C=O) groups is 5. The maximum Gasteiger partial charge on any atom is 0.272 e. The van der Waals surface area contributed by atoms with Crippen LogP contribution in [0, 0.1) is 23.0 Å². The molecule has 1 aromatic heterocycles. The summed E-state index contributed by atoms with van der Waals surface area (Å²) < 4.78 is 38.3. The molecule has 2 N–H and O–H groups in total. The van der Waals surface area contributed by atoms with Crippen LogP contribution < -0.4 is 10.9 Å². The molecule has 4 saturated heterocycles. The Labute approximate surface area is 444 Å². The molecule has 5 amide bonds. The Hall–Kier alpha value is -6.07. The smallest absolute Gasteiger partial charge is 0.272 e. The predicted molar refractivity (Wildman–Crippen MR) is 284 cm³/mol. The highest BCUT2D eigenvalue weighted by atomic mass is 19.1. The highest BCUT2D eigenvalue weighted by Gasteiger charge is 2.51. The van der Waals surface area contributed by atoms with Gasteiger partial charge in [0.25, 0.3) is 17.4 Å². The summed E-state index contributed by atoms with van der Waals surface area (Å²) in [5.41, 5.74) is 0.671. The average Bonchev–Trinajstić information content (AvgIpc) is 4.22. The average molecular weight is 1050 g/mol. The van der Waals surface area contributed by atoms with Crippen LogP contribution in [0.25, 0.3) is 10.8 Å². The monoisotopic (exact) mass is 1040 g/mol. The minimum absolute atomic E-state index is 0.00827. The number of piperazine rings is 1. The number of hydrogen-bond acceptors (Lipinski definition) is 9. The van der Waals surface area contributed by atoms with Gasteiger partial charge in [0, 0.05) is 87.6 Å². The predicted octanol–water partition coefficient (Wildman–Crippen LogP) is 7.21. The number of amides is 5. The maximum absolute atomic E-state index is 16.6. The Bertz CT molecular complexity index is 2880. The van der Waals surface area contributed by atoms with Crippen molar-refractivity contribution in [3.8, 4) is 0 Å². The zero-order chi connectivity index (χ0) is 53.3. The molecule has 6 fully saturated rings. The van der Waals surface area contributed by atoms with Crippen molar-refractivity contribution in [1.82, 2.24) is 40.0 Å². The van der Waals surface area contributed by atoms with Gasteiger partial charge in [0.15, 0.2) is 0 Å². The number of fused-ring (bicyclic) bond motifs is 1. The summed E-state index contributed by atoms with van der Waals surface area (Å²) in [7, 11) is 0. The van der Waals surface area contributed by atoms with Crippen LogP contribution in [0.15, 0.2) is 65.5 Å². The molecule has 15 nitrogen and oxygen atoms in total. The molecule has 6 aliphatic rings. The third-order valence-corrected chi connectivity index (χ3v) is 17.7. The van der Waals surface area contributed by atoms with Gasteiger partial charge in [0.05, 0.1) is 41.0 Å². The van der Waals surface area contributed by atoms with E-state index in [1.54, 1.807) is 46.2 Å². The molecule has 17 heteroatoms. The third-order valence-electron chi connectivity index (χ3n) is 17.7. The van der Waals surface area contributed by atoms with E-state index in [1.807, 2.05) is 28.9 Å². The van der Waals surface area contributed by atoms with Gasteiger partial charge in [0.2, 0.25) is 17.7 Å². The number of H-pyrrole nitrogens is 1. The molecule has 406 valence electrons. The number of nitrogens with zero attached hydrogens (tertiary/aromatic N) is 6. The van der Waals surface area contributed by atoms with E-state index in [2.05, 4.69) is 34.3 Å². The minimum Gasteiger partial charge on any atom is -0.375 e. The second-order valence-corrected chi connectivity index (χ2v) is 23.4. The van der Waals surface area contributed by atoms with Crippen molar-refractivity contribution in [2.24, 2.45) is 11.3 Å². The van der Waals surface area contributed by atoms with E-state index in [0.717, 1.165) is 64.2 Å². The van der Waals surface area contributed by atoms with E-state index >= 15 is 8.78 Å². The van der Waals surface area contributed by atoms with E-state index in [4.69, 9.17) is 4.74 Å². The van der Waals surface area contributed by atoms with E-state index in [9.17, 15) is 28.8 Å². The molecule has 2 aliphatic carbocycles. The van der Waals surface area contributed by atoms with Crippen molar-refractivity contribution in [3.05, 3.63) is 111 Å². The Kier molecular flexibility index (Phi) is 15.8. The number of rotatable bonds is 13. The minimum atomic E-state index is -0.760. The number of nitrogens with one attached hydrogen (secondary N) is 2. The van der Waals surface area contributed by atoms with Crippen molar-refractivity contribution in [1.29, 1.82) is 0 Å². The Morgan fingerprint density at radius 3 is 2.11 bits per heavy atom. The van der Waals surface area contributed by atoms with Crippen LogP contribution in [-0.2, 0) is 25.5 Å². The number of halogens is 2. The molecule has 4 aliphatic heterocycles. The number of aromatic nitrogens is 2. The first kappa shape index (κ1) is 53.3. The molecule has 3 aromatic carbocycles. The molecule has 0 radical (unpaired) electrons. The zero-order valence-electron chi connectivity index (χ0n) is 44.4. The topological polar surface area (TPSA) is 169 Å². The van der Waals surface area contributed by atoms with E-state index < -0.39 is 29.5 Å². The fourth-order valence-electron chi connectivity index (χ4n) is 12.5. The van der Waals surface area contributed by atoms with Crippen molar-refractivity contribution in [2.45, 2.75) is 140 Å². The molecule has 5 heterocycles. The number of piperidine rings is 3. The van der Waals surface area contributed by atoms with Gasteiger partial charge in [-0.2, -0.15) is 5.10 Å². The lowest BCUT2D eigenvalue weighted by atomic mass is 9.80. The Balaban J connectivity index is 0.671. The number of carbonyl (C=O) groups excluding carboxylic acids is 5. The second kappa shape index (κ2) is 22.5. The normalized spacial score (nSPS) is 22.1. The van der Waals surface area contributed by atoms with Gasteiger partial charge in [-0.05, 0) is 119 Å². The van der Waals surface area contributed by atoms with Crippen LogP contribution >= 0.6 is 0 Å². The maximum atomic E-state index is 16.6. The summed E-state index contributed by atoms with van der Waals surface area (Å²) in [6, 6.07) is 15.8. The second-order valence-electron chi connectivity index (χ2n) is 23.4. The van der Waals surface area contributed by atoms with E-state index in [0.29, 0.717) is 99.1 Å². The number of ether oxygens (including phenoxy) is 1. The van der Waals surface area contributed by atoms with Gasteiger partial charge in [-0.25, -0.2) is 13.9 Å². The standard InChI is InChI=1S/C59H74F2N8O7/c1-58(2)23-18-40(36-69(58)57(75)59(3)24-25-59)43-14-9-15-46(51(43)61)53(71)62-52(39-10-5-4-6-11-39)56(74)67-28-21-42(22-29-67)76-41-19-26-65(27-20-41)37-50(70)66-30-32-68(33-31-66)55(73)47-34-38(16-17-48(47)60)35-49-44-12-7-8-13-45(44)54(72)64-63-49/h7-9,12-17,34,39-42,52H,4-6,10-11,18-33,35-37H2,1-3H3,(H,62,71)(H,64,72)/t40?,52-/m1/s1. The lowest BCUT2D eigenvalue weighted by Crippen LogP contribution is -2.55. The summed E-state index contributed by atoms with van der Waals surface area (Å²) in [5, 5.41) is 11.0. The first-order valence-electron chi connectivity index (χ1n) is 27.9. The molecule has 0 bridgehead atoms. The van der Waals surface area contributed by atoms with Gasteiger partial charge in [-0.3, -0.25) is 33.7 Å². The first-order valence-corrected chi connectivity index (χ1v) is 27.9. The number of aromatic amines is 1. The van der Waals surface area contributed by atoms with Gasteiger partial charge in [0.1, 0.15) is 17.7 Å². The van der Waals surface area contributed by atoms with Crippen molar-refractivity contribution in [2.75, 3.05) is 65.4 Å². The molecule has 76 heavy (non-hydrogen) atoms. The highest BCUT2D eigenvalue weighted by Crippen LogP contribution is 2.49. The number of likely N-dealkylation sites (tertiary alicyclic amines) is 3. The lowest BCUT2D eigenvalue weighted by Gasteiger charge is -2.47.